The highest BCUT2D eigenvalue weighted by atomic mass is 16.5. The van der Waals surface area contributed by atoms with Gasteiger partial charge in [0.05, 0.1) is 6.61 Å². The molecule has 0 unspecified atom stereocenters. The fourth-order valence-corrected chi connectivity index (χ4v) is 1.55. The molecule has 1 radical (unpaired) electrons. The van der Waals surface area contributed by atoms with E-state index in [4.69, 9.17) is 4.74 Å². The quantitative estimate of drug-likeness (QED) is 0.596. The molecule has 0 spiro atoms. The van der Waals surface area contributed by atoms with Gasteiger partial charge in [-0.25, -0.2) is 5.32 Å². The van der Waals surface area contributed by atoms with E-state index < -0.39 is 0 Å². The molecule has 0 aromatic rings. The van der Waals surface area contributed by atoms with E-state index in [1.165, 1.54) is 0 Å². The van der Waals surface area contributed by atoms with E-state index in [1.807, 2.05) is 6.92 Å². The first-order valence-corrected chi connectivity index (χ1v) is 5.34. The van der Waals surface area contributed by atoms with Crippen LogP contribution in [0.3, 0.4) is 0 Å². The number of ether oxygens (including phenoxy) is 1. The van der Waals surface area contributed by atoms with Crippen molar-refractivity contribution >= 4 is 5.97 Å². The molecule has 0 aromatic carbocycles. The molecule has 0 aliphatic carbocycles. The smallest absolute Gasteiger partial charge is 0.305 e. The van der Waals surface area contributed by atoms with Crippen molar-refractivity contribution in [2.75, 3.05) is 39.3 Å². The SMILES string of the molecule is CCOC(=O)CCCN1CC[N]CC1. The van der Waals surface area contributed by atoms with Gasteiger partial charge in [0.25, 0.3) is 0 Å². The average molecular weight is 199 g/mol. The molecule has 4 heteroatoms. The van der Waals surface area contributed by atoms with Crippen LogP contribution in [0, 0.1) is 0 Å². The Hall–Kier alpha value is -0.610. The average Bonchev–Trinajstić information content (AvgIpc) is 2.20. The van der Waals surface area contributed by atoms with Crippen LogP contribution in [-0.4, -0.2) is 50.2 Å². The van der Waals surface area contributed by atoms with Crippen molar-refractivity contribution < 1.29 is 9.53 Å². The molecule has 0 atom stereocenters. The van der Waals surface area contributed by atoms with Gasteiger partial charge in [0.1, 0.15) is 0 Å². The summed E-state index contributed by atoms with van der Waals surface area (Å²) in [6.45, 7) is 7.30. The van der Waals surface area contributed by atoms with E-state index in [0.717, 1.165) is 39.1 Å². The van der Waals surface area contributed by atoms with Crippen molar-refractivity contribution in [3.8, 4) is 0 Å². The highest BCUT2D eigenvalue weighted by Crippen LogP contribution is 1.99. The second-order valence-electron chi connectivity index (χ2n) is 3.42. The number of nitrogens with zero attached hydrogens (tertiary/aromatic N) is 2. The second-order valence-corrected chi connectivity index (χ2v) is 3.42. The summed E-state index contributed by atoms with van der Waals surface area (Å²) < 4.78 is 4.86. The third kappa shape index (κ3) is 4.58. The zero-order chi connectivity index (χ0) is 10.2. The molecule has 0 N–H and O–H groups in total. The molecular weight excluding hydrogens is 180 g/mol. The van der Waals surface area contributed by atoms with Crippen LogP contribution in [0.2, 0.25) is 0 Å². The Kier molecular flexibility index (Phi) is 5.56. The minimum atomic E-state index is -0.0748. The molecule has 0 saturated carbocycles. The Balaban J connectivity index is 1.99. The predicted molar refractivity (Wildman–Crippen MR) is 54.2 cm³/mol. The lowest BCUT2D eigenvalue weighted by Gasteiger charge is -2.25. The van der Waals surface area contributed by atoms with E-state index in [-0.39, 0.29) is 5.97 Å². The maximum Gasteiger partial charge on any atom is 0.305 e. The highest BCUT2D eigenvalue weighted by Gasteiger charge is 2.10. The monoisotopic (exact) mass is 199 g/mol. The van der Waals surface area contributed by atoms with Gasteiger partial charge in [-0.05, 0) is 19.9 Å². The van der Waals surface area contributed by atoms with E-state index >= 15 is 0 Å². The first-order valence-electron chi connectivity index (χ1n) is 5.34. The summed E-state index contributed by atoms with van der Waals surface area (Å²) in [6.07, 6.45) is 1.44. The normalized spacial score (nSPS) is 18.1. The van der Waals surface area contributed by atoms with Gasteiger partial charge in [-0.2, -0.15) is 0 Å². The van der Waals surface area contributed by atoms with Gasteiger partial charge < -0.3 is 9.64 Å². The lowest BCUT2D eigenvalue weighted by atomic mass is 10.2. The Morgan fingerprint density at radius 1 is 1.43 bits per heavy atom. The van der Waals surface area contributed by atoms with Gasteiger partial charge in [-0.1, -0.05) is 0 Å². The highest BCUT2D eigenvalue weighted by molar-refractivity contribution is 5.69. The van der Waals surface area contributed by atoms with Gasteiger partial charge in [-0.15, -0.1) is 0 Å². The van der Waals surface area contributed by atoms with E-state index in [2.05, 4.69) is 10.2 Å². The van der Waals surface area contributed by atoms with E-state index in [1.54, 1.807) is 0 Å². The third-order valence-corrected chi connectivity index (χ3v) is 2.31. The molecular formula is C10H19N2O2. The summed E-state index contributed by atoms with van der Waals surface area (Å²) in [4.78, 5) is 13.4. The van der Waals surface area contributed by atoms with Crippen LogP contribution in [0.1, 0.15) is 19.8 Å². The largest absolute Gasteiger partial charge is 0.466 e. The minimum absolute atomic E-state index is 0.0748. The summed E-state index contributed by atoms with van der Waals surface area (Å²) in [6, 6.07) is 0. The van der Waals surface area contributed by atoms with Gasteiger partial charge in [-0.3, -0.25) is 4.79 Å². The van der Waals surface area contributed by atoms with Crippen molar-refractivity contribution in [2.45, 2.75) is 19.8 Å². The molecule has 81 valence electrons. The van der Waals surface area contributed by atoms with E-state index in [9.17, 15) is 4.79 Å². The van der Waals surface area contributed by atoms with Crippen LogP contribution < -0.4 is 5.32 Å². The minimum Gasteiger partial charge on any atom is -0.466 e. The molecule has 1 saturated heterocycles. The molecule has 1 fully saturated rings. The zero-order valence-electron chi connectivity index (χ0n) is 8.87. The lowest BCUT2D eigenvalue weighted by Crippen LogP contribution is -2.40. The maximum absolute atomic E-state index is 11.0. The number of piperazine rings is 1. The standard InChI is InChI=1S/C10H19N2O2/c1-2-14-10(13)4-3-7-12-8-5-11-6-9-12/h2-9H2,1H3. The number of esters is 1. The van der Waals surface area contributed by atoms with Crippen LogP contribution >= 0.6 is 0 Å². The molecule has 0 aromatic heterocycles. The third-order valence-electron chi connectivity index (χ3n) is 2.31. The summed E-state index contributed by atoms with van der Waals surface area (Å²) in [5.74, 6) is -0.0748. The van der Waals surface area contributed by atoms with Crippen molar-refractivity contribution in [1.29, 1.82) is 0 Å². The van der Waals surface area contributed by atoms with Crippen LogP contribution in [-0.2, 0) is 9.53 Å². The van der Waals surface area contributed by atoms with Crippen molar-refractivity contribution in [3.63, 3.8) is 0 Å². The van der Waals surface area contributed by atoms with Crippen LogP contribution in [0.25, 0.3) is 0 Å². The molecule has 4 nitrogen and oxygen atoms in total. The number of rotatable bonds is 5. The van der Waals surface area contributed by atoms with Gasteiger partial charge >= 0.3 is 5.97 Å². The molecule has 0 bridgehead atoms. The van der Waals surface area contributed by atoms with Gasteiger partial charge in [0.2, 0.25) is 0 Å². The number of carbonyl (C=O) groups excluding carboxylic acids is 1. The van der Waals surface area contributed by atoms with Crippen molar-refractivity contribution in [3.05, 3.63) is 0 Å². The summed E-state index contributed by atoms with van der Waals surface area (Å²) in [5, 5.41) is 4.27. The summed E-state index contributed by atoms with van der Waals surface area (Å²) in [5.41, 5.74) is 0. The maximum atomic E-state index is 11.0. The van der Waals surface area contributed by atoms with Gasteiger partial charge in [0, 0.05) is 32.6 Å². The number of hydrogen-bond donors (Lipinski definition) is 0. The first kappa shape index (κ1) is 11.5. The van der Waals surface area contributed by atoms with Crippen molar-refractivity contribution in [2.24, 2.45) is 0 Å². The van der Waals surface area contributed by atoms with Crippen LogP contribution in [0.15, 0.2) is 0 Å². The lowest BCUT2D eigenvalue weighted by molar-refractivity contribution is -0.143. The Bertz CT molecular complexity index is 168. The second kappa shape index (κ2) is 6.79. The topological polar surface area (TPSA) is 43.6 Å². The van der Waals surface area contributed by atoms with E-state index in [0.29, 0.717) is 13.0 Å². The van der Waals surface area contributed by atoms with Crippen molar-refractivity contribution in [1.82, 2.24) is 10.2 Å². The Morgan fingerprint density at radius 2 is 2.14 bits per heavy atom. The molecule has 1 heterocycles. The fourth-order valence-electron chi connectivity index (χ4n) is 1.55. The zero-order valence-corrected chi connectivity index (χ0v) is 8.87. The summed E-state index contributed by atoms with van der Waals surface area (Å²) >= 11 is 0. The molecule has 14 heavy (non-hydrogen) atoms. The first-order chi connectivity index (χ1) is 6.83. The van der Waals surface area contributed by atoms with Crippen LogP contribution in [0.5, 0.6) is 0 Å². The van der Waals surface area contributed by atoms with Gasteiger partial charge in [0.15, 0.2) is 0 Å². The fraction of sp³-hybridized carbons (Fsp3) is 0.900. The molecule has 1 aliphatic heterocycles. The Morgan fingerprint density at radius 3 is 2.79 bits per heavy atom. The molecule has 1 aliphatic rings. The van der Waals surface area contributed by atoms with Crippen LogP contribution in [0.4, 0.5) is 0 Å². The molecule has 1 rings (SSSR count). The number of hydrogen-bond acceptors (Lipinski definition) is 3. The number of carbonyl (C=O) groups is 1. The predicted octanol–water partition coefficient (Wildman–Crippen LogP) is 0.250. The Labute approximate surface area is 85.6 Å². The summed E-state index contributed by atoms with van der Waals surface area (Å²) in [7, 11) is 0. The molecule has 0 amide bonds.